The highest BCUT2D eigenvalue weighted by atomic mass is 15.1. The zero-order valence-electron chi connectivity index (χ0n) is 29.2. The zero-order valence-corrected chi connectivity index (χ0v) is 29.2. The Bertz CT molecular complexity index is 2120. The van der Waals surface area contributed by atoms with Crippen LogP contribution in [-0.4, -0.2) is 0 Å². The van der Waals surface area contributed by atoms with Crippen molar-refractivity contribution in [2.45, 2.75) is 84.0 Å². The van der Waals surface area contributed by atoms with E-state index in [2.05, 4.69) is 161 Å². The summed E-state index contributed by atoms with van der Waals surface area (Å²) in [4.78, 5) is 2.54. The van der Waals surface area contributed by atoms with Crippen LogP contribution in [0.3, 0.4) is 0 Å². The number of hydrogen-bond acceptors (Lipinski definition) is 1. The van der Waals surface area contributed by atoms with E-state index in [1.54, 1.807) is 0 Å². The highest BCUT2D eigenvalue weighted by molar-refractivity contribution is 5.99. The molecule has 0 radical (unpaired) electrons. The zero-order chi connectivity index (χ0) is 33.0. The van der Waals surface area contributed by atoms with Gasteiger partial charge >= 0.3 is 0 Å². The number of benzene rings is 6. The minimum absolute atomic E-state index is 0.0837. The van der Waals surface area contributed by atoms with Crippen molar-refractivity contribution in [3.8, 4) is 22.3 Å². The Hall–Kier alpha value is -4.62. The van der Waals surface area contributed by atoms with Gasteiger partial charge in [-0.25, -0.2) is 0 Å². The van der Waals surface area contributed by atoms with Gasteiger partial charge in [0.15, 0.2) is 0 Å². The first-order valence-electron chi connectivity index (χ1n) is 18.1. The molecular weight excluding hydrogens is 579 g/mol. The Morgan fingerprint density at radius 2 is 1.29 bits per heavy atom. The van der Waals surface area contributed by atoms with Crippen LogP contribution in [0.25, 0.3) is 33.0 Å². The van der Waals surface area contributed by atoms with Crippen molar-refractivity contribution in [3.05, 3.63) is 149 Å². The number of hydrogen-bond donors (Lipinski definition) is 0. The molecule has 0 bridgehead atoms. The van der Waals surface area contributed by atoms with Crippen LogP contribution >= 0.6 is 0 Å². The van der Waals surface area contributed by atoms with Crippen molar-refractivity contribution < 1.29 is 0 Å². The summed E-state index contributed by atoms with van der Waals surface area (Å²) in [5, 5.41) is 2.52. The summed E-state index contributed by atoms with van der Waals surface area (Å²) in [6, 6.07) is 46.3. The summed E-state index contributed by atoms with van der Waals surface area (Å²) in [5.74, 6) is 1.09. The van der Waals surface area contributed by atoms with Crippen molar-refractivity contribution in [2.75, 3.05) is 4.90 Å². The number of nitrogens with zero attached hydrogens (tertiary/aromatic N) is 1. The van der Waals surface area contributed by atoms with Crippen LogP contribution in [-0.2, 0) is 5.41 Å². The van der Waals surface area contributed by atoms with E-state index in [1.165, 1.54) is 110 Å². The fraction of sp³-hybridized carbons (Fsp3) is 0.277. The standard InChI is InChI=1S/C47H47N/c1-31(2)39-19-11-12-20-40(39)42-28-35-17-9-10-18-36(35)29-45(42)48(37-24-22-34(23-25-37)33-15-7-6-8-16-33)38-26-27-41-44(30-38)47(4,5)43-21-13-14-32(3)46(41)43/h9-14,17-31,33H,6-8,15-16H2,1-5H3. The molecule has 1 heteroatoms. The van der Waals surface area contributed by atoms with Gasteiger partial charge in [0.05, 0.1) is 5.69 Å². The topological polar surface area (TPSA) is 3.24 Å². The molecule has 0 heterocycles. The molecule has 0 spiro atoms. The lowest BCUT2D eigenvalue weighted by atomic mass is 9.82. The van der Waals surface area contributed by atoms with Gasteiger partial charge in [0.2, 0.25) is 0 Å². The van der Waals surface area contributed by atoms with E-state index in [4.69, 9.17) is 0 Å². The fourth-order valence-corrected chi connectivity index (χ4v) is 8.73. The molecule has 1 nitrogen and oxygen atoms in total. The lowest BCUT2D eigenvalue weighted by Gasteiger charge is -2.31. The molecule has 0 atom stereocenters. The molecule has 0 aromatic heterocycles. The van der Waals surface area contributed by atoms with Gasteiger partial charge in [0, 0.05) is 22.4 Å². The SMILES string of the molecule is Cc1cccc2c1-c1ccc(N(c3ccc(C4CCCCC4)cc3)c3cc4ccccc4cc3-c3ccccc3C(C)C)cc1C2(C)C. The van der Waals surface area contributed by atoms with Gasteiger partial charge in [-0.1, -0.05) is 132 Å². The van der Waals surface area contributed by atoms with E-state index in [9.17, 15) is 0 Å². The maximum absolute atomic E-state index is 2.54. The molecular formula is C47H47N. The molecule has 8 rings (SSSR count). The predicted octanol–water partition coefficient (Wildman–Crippen LogP) is 13.8. The first-order chi connectivity index (χ1) is 23.3. The molecule has 6 aromatic carbocycles. The maximum Gasteiger partial charge on any atom is 0.0546 e. The highest BCUT2D eigenvalue weighted by Gasteiger charge is 2.37. The second kappa shape index (κ2) is 12.1. The van der Waals surface area contributed by atoms with Gasteiger partial charge in [-0.2, -0.15) is 0 Å². The lowest BCUT2D eigenvalue weighted by Crippen LogP contribution is -2.17. The summed E-state index contributed by atoms with van der Waals surface area (Å²) in [6.45, 7) is 11.7. The van der Waals surface area contributed by atoms with E-state index in [0.29, 0.717) is 11.8 Å². The molecule has 0 aliphatic heterocycles. The minimum atomic E-state index is -0.0837. The predicted molar refractivity (Wildman–Crippen MR) is 206 cm³/mol. The van der Waals surface area contributed by atoms with E-state index < -0.39 is 0 Å². The number of fused-ring (bicyclic) bond motifs is 4. The maximum atomic E-state index is 2.54. The fourth-order valence-electron chi connectivity index (χ4n) is 8.73. The van der Waals surface area contributed by atoms with E-state index in [0.717, 1.165) is 0 Å². The van der Waals surface area contributed by atoms with E-state index >= 15 is 0 Å². The summed E-state index contributed by atoms with van der Waals surface area (Å²) in [5.41, 5.74) is 15.9. The largest absolute Gasteiger partial charge is 0.310 e. The van der Waals surface area contributed by atoms with Crippen LogP contribution in [0, 0.1) is 6.92 Å². The first kappa shape index (κ1) is 30.7. The van der Waals surface area contributed by atoms with E-state index in [1.807, 2.05) is 0 Å². The monoisotopic (exact) mass is 625 g/mol. The van der Waals surface area contributed by atoms with Crippen molar-refractivity contribution in [2.24, 2.45) is 0 Å². The third kappa shape index (κ3) is 5.16. The van der Waals surface area contributed by atoms with Gasteiger partial charge in [-0.05, 0) is 123 Å². The van der Waals surface area contributed by atoms with Crippen LogP contribution in [0.1, 0.15) is 99.5 Å². The smallest absolute Gasteiger partial charge is 0.0546 e. The van der Waals surface area contributed by atoms with Crippen LogP contribution < -0.4 is 4.90 Å². The van der Waals surface area contributed by atoms with E-state index in [-0.39, 0.29) is 5.41 Å². The molecule has 6 aromatic rings. The van der Waals surface area contributed by atoms with Crippen LogP contribution in [0.4, 0.5) is 17.1 Å². The summed E-state index contributed by atoms with van der Waals surface area (Å²) in [6.07, 6.45) is 6.69. The molecule has 0 amide bonds. The molecule has 48 heavy (non-hydrogen) atoms. The van der Waals surface area contributed by atoms with Crippen LogP contribution in [0.5, 0.6) is 0 Å². The third-order valence-corrected chi connectivity index (χ3v) is 11.4. The average molecular weight is 626 g/mol. The van der Waals surface area contributed by atoms with Gasteiger partial charge in [0.25, 0.3) is 0 Å². The summed E-state index contributed by atoms with van der Waals surface area (Å²) < 4.78 is 0. The summed E-state index contributed by atoms with van der Waals surface area (Å²) >= 11 is 0. The first-order valence-corrected chi connectivity index (χ1v) is 18.1. The third-order valence-electron chi connectivity index (χ3n) is 11.4. The number of anilines is 3. The van der Waals surface area contributed by atoms with Crippen LogP contribution in [0.2, 0.25) is 0 Å². The summed E-state index contributed by atoms with van der Waals surface area (Å²) in [7, 11) is 0. The molecule has 240 valence electrons. The Balaban J connectivity index is 1.37. The highest BCUT2D eigenvalue weighted by Crippen LogP contribution is 2.53. The van der Waals surface area contributed by atoms with Crippen molar-refractivity contribution in [3.63, 3.8) is 0 Å². The average Bonchev–Trinajstić information content (AvgIpc) is 3.35. The molecule has 1 fully saturated rings. The Morgan fingerprint density at radius 3 is 2.04 bits per heavy atom. The van der Waals surface area contributed by atoms with Crippen molar-refractivity contribution >= 4 is 27.8 Å². The second-order valence-electron chi connectivity index (χ2n) is 15.1. The van der Waals surface area contributed by atoms with Crippen molar-refractivity contribution in [1.29, 1.82) is 0 Å². The van der Waals surface area contributed by atoms with Crippen molar-refractivity contribution in [1.82, 2.24) is 0 Å². The minimum Gasteiger partial charge on any atom is -0.310 e. The molecule has 2 aliphatic rings. The Labute approximate surface area is 287 Å². The molecule has 1 saturated carbocycles. The van der Waals surface area contributed by atoms with Gasteiger partial charge in [-0.3, -0.25) is 0 Å². The number of aryl methyl sites for hydroxylation is 1. The Kier molecular flexibility index (Phi) is 7.75. The van der Waals surface area contributed by atoms with Gasteiger partial charge < -0.3 is 4.90 Å². The normalized spacial score (nSPS) is 15.5. The molecule has 0 N–H and O–H groups in total. The van der Waals surface area contributed by atoms with Crippen LogP contribution in [0.15, 0.2) is 121 Å². The quantitative estimate of drug-likeness (QED) is 0.178. The molecule has 2 aliphatic carbocycles. The van der Waals surface area contributed by atoms with Gasteiger partial charge in [-0.15, -0.1) is 0 Å². The number of rotatable bonds is 6. The lowest BCUT2D eigenvalue weighted by molar-refractivity contribution is 0.443. The van der Waals surface area contributed by atoms with Gasteiger partial charge in [0.1, 0.15) is 0 Å². The molecule has 0 unspecified atom stereocenters. The molecule has 0 saturated heterocycles. The Morgan fingerprint density at radius 1 is 0.604 bits per heavy atom. The second-order valence-corrected chi connectivity index (χ2v) is 15.1.